The molecule has 2 aromatic carbocycles. The average molecular weight is 1700 g/mol. The fourth-order valence-corrected chi connectivity index (χ4v) is 26.0. The van der Waals surface area contributed by atoms with Gasteiger partial charge in [0.25, 0.3) is 14.2 Å². The minimum absolute atomic E-state index is 0.0436. The lowest BCUT2D eigenvalue weighted by Gasteiger charge is -2.44. The van der Waals surface area contributed by atoms with Crippen LogP contribution in [0.3, 0.4) is 0 Å². The van der Waals surface area contributed by atoms with Crippen molar-refractivity contribution in [3.8, 4) is 0 Å². The zero-order valence-electron chi connectivity index (χ0n) is 71.1. The number of benzene rings is 2. The predicted molar refractivity (Wildman–Crippen MR) is 480 cm³/mol. The van der Waals surface area contributed by atoms with Crippen LogP contribution < -0.4 is 53.3 Å². The van der Waals surface area contributed by atoms with E-state index in [1.807, 2.05) is 49.1 Å². The fourth-order valence-electron chi connectivity index (χ4n) is 17.9. The van der Waals surface area contributed by atoms with Crippen LogP contribution in [-0.2, 0) is 37.8 Å². The molecule has 4 saturated heterocycles. The third-order valence-corrected chi connectivity index (χ3v) is 33.5. The number of rotatable bonds is 31. The summed E-state index contributed by atoms with van der Waals surface area (Å²) in [7, 11) is 0.307. The first-order valence-electron chi connectivity index (χ1n) is 43.4. The van der Waals surface area contributed by atoms with Crippen molar-refractivity contribution in [1.82, 2.24) is 56.8 Å². The number of nitrogens with zero attached hydrogens (tertiary/aromatic N) is 8. The van der Waals surface area contributed by atoms with Crippen LogP contribution in [-0.4, -0.2) is 280 Å². The van der Waals surface area contributed by atoms with Gasteiger partial charge in [-0.25, -0.2) is 24.8 Å². The Balaban J connectivity index is 0.518. The Morgan fingerprint density at radius 3 is 1.63 bits per heavy atom. The minimum Gasteiger partial charge on any atom is -0.439 e. The summed E-state index contributed by atoms with van der Waals surface area (Å²) in [4.78, 5) is 97.8. The van der Waals surface area contributed by atoms with E-state index in [9.17, 15) is 29.1 Å². The van der Waals surface area contributed by atoms with Crippen molar-refractivity contribution >= 4 is 107 Å². The molecule has 12 rings (SSSR count). The summed E-state index contributed by atoms with van der Waals surface area (Å²) in [5, 5.41) is 38.6. The maximum atomic E-state index is 14.3. The highest BCUT2D eigenvalue weighted by atomic mass is 32.2. The molecule has 14 atom stereocenters. The second-order valence-corrected chi connectivity index (χ2v) is 42.3. The largest absolute Gasteiger partial charge is 0.439 e. The summed E-state index contributed by atoms with van der Waals surface area (Å²) in [5.41, 5.74) is 6.60. The van der Waals surface area contributed by atoms with Crippen LogP contribution in [0.15, 0.2) is 139 Å². The molecule has 9 aliphatic heterocycles. The average Bonchev–Trinajstić information content (AvgIpc) is 0.744. The number of ketones is 2. The third kappa shape index (κ3) is 24.3. The monoisotopic (exact) mass is 1700 g/mol. The lowest BCUT2D eigenvalue weighted by molar-refractivity contribution is -0.121. The van der Waals surface area contributed by atoms with Crippen molar-refractivity contribution in [3.63, 3.8) is 0 Å². The third-order valence-electron chi connectivity index (χ3n) is 24.7. The van der Waals surface area contributed by atoms with Crippen molar-refractivity contribution in [2.45, 2.75) is 229 Å². The van der Waals surface area contributed by atoms with Gasteiger partial charge in [-0.05, 0) is 118 Å². The molecule has 4 fully saturated rings. The van der Waals surface area contributed by atoms with E-state index in [4.69, 9.17) is 44.3 Å². The van der Waals surface area contributed by atoms with E-state index in [0.29, 0.717) is 68.3 Å². The summed E-state index contributed by atoms with van der Waals surface area (Å²) in [6.07, 6.45) is 16.8. The highest BCUT2D eigenvalue weighted by Gasteiger charge is 2.51. The molecule has 0 spiro atoms. The fraction of sp³-hybridized carbons (Fsp3) is 0.648. The number of ether oxygens (including phenoxy) is 3. The van der Waals surface area contributed by atoms with Gasteiger partial charge in [-0.3, -0.25) is 19.2 Å². The molecule has 30 heteroatoms. The number of methoxy groups -OCH3 is 2. The number of nitrogens with two attached hydrogens (primary N) is 1. The Labute approximate surface area is 713 Å². The van der Waals surface area contributed by atoms with E-state index in [1.165, 1.54) is 36.7 Å². The predicted octanol–water partition coefficient (Wildman–Crippen LogP) is 7.75. The molecule has 10 N–H and O–H groups in total. The second-order valence-electron chi connectivity index (χ2n) is 34.8. The molecule has 0 saturated carbocycles. The van der Waals surface area contributed by atoms with Gasteiger partial charge >= 0.3 is 6.09 Å². The summed E-state index contributed by atoms with van der Waals surface area (Å²) in [6.45, 7) is 23.9. The van der Waals surface area contributed by atoms with Crippen LogP contribution in [0.2, 0.25) is 5.04 Å². The molecule has 2 aromatic rings. The zero-order chi connectivity index (χ0) is 83.3. The van der Waals surface area contributed by atoms with Crippen molar-refractivity contribution in [2.75, 3.05) is 121 Å². The number of primary amides is 1. The van der Waals surface area contributed by atoms with Crippen molar-refractivity contribution in [1.29, 1.82) is 0 Å². The van der Waals surface area contributed by atoms with E-state index < -0.39 is 62.2 Å². The van der Waals surface area contributed by atoms with Crippen LogP contribution in [0.5, 0.6) is 0 Å². The Morgan fingerprint density at radius 1 is 0.636 bits per heavy atom. The van der Waals surface area contributed by atoms with E-state index >= 15 is 0 Å². The summed E-state index contributed by atoms with van der Waals surface area (Å²) in [5.74, 6) is 8.21. The topological polar surface area (TPSA) is 315 Å². The molecule has 1 aliphatic carbocycles. The normalized spacial score (nSPS) is 29.2. The highest BCUT2D eigenvalue weighted by molar-refractivity contribution is 7.99. The number of carbonyl (C=O) groups is 5. The lowest BCUT2D eigenvalue weighted by atomic mass is 9.85. The Hall–Kier alpha value is -7.32. The van der Waals surface area contributed by atoms with E-state index in [-0.39, 0.29) is 63.9 Å². The molecular formula is C88H132N16O10S3Si. The zero-order valence-corrected chi connectivity index (χ0v) is 74.5. The Morgan fingerprint density at radius 2 is 1.12 bits per heavy atom. The molecule has 0 radical (unpaired) electrons. The molecular weight excluding hydrogens is 1570 g/mol. The van der Waals surface area contributed by atoms with Gasteiger partial charge in [0.1, 0.15) is 6.10 Å². The van der Waals surface area contributed by atoms with Gasteiger partial charge in [0.2, 0.25) is 17.5 Å². The smallest absolute Gasteiger partial charge is 0.405 e. The van der Waals surface area contributed by atoms with Crippen LogP contribution in [0.4, 0.5) is 4.79 Å². The molecule has 10 aliphatic rings. The molecule has 0 unspecified atom stereocenters. The first kappa shape index (κ1) is 89.9. The quantitative estimate of drug-likeness (QED) is 0.0151. The Kier molecular flexibility index (Phi) is 33.1. The first-order valence-corrected chi connectivity index (χ1v) is 48.8. The van der Waals surface area contributed by atoms with Gasteiger partial charge < -0.3 is 86.3 Å². The molecule has 118 heavy (non-hydrogen) atoms. The number of amides is 3. The van der Waals surface area contributed by atoms with Gasteiger partial charge in [-0.15, -0.1) is 0 Å². The number of thioether (sulfide) groups is 3. The van der Waals surface area contributed by atoms with Crippen LogP contribution in [0, 0.1) is 11.8 Å². The van der Waals surface area contributed by atoms with E-state index in [0.717, 1.165) is 194 Å². The molecule has 0 aromatic heterocycles. The molecule has 646 valence electrons. The number of allylic oxidation sites excluding steroid dienone is 4. The van der Waals surface area contributed by atoms with Crippen molar-refractivity contribution in [2.24, 2.45) is 37.5 Å². The summed E-state index contributed by atoms with van der Waals surface area (Å²) in [6, 6.07) is 24.2. The van der Waals surface area contributed by atoms with Gasteiger partial charge in [0, 0.05) is 168 Å². The second kappa shape index (κ2) is 43.4. The van der Waals surface area contributed by atoms with Crippen LogP contribution in [0.1, 0.15) is 151 Å². The SMILES string of the molecule is CO[C@H]1/C=C\C=C(/C)C(=O)NC2=CC(=O)C(NCCCCCCCC(=O)NC[C@H]3CCN4CC[C@H](CSC[C@H]5CCN6CC[C@H](CSC[C@H]7CCN8CC[C@H](CSC[C@H]9CCN%10CC[C@H](CO[Si](c%11ccccc%11)(c%11ccccc%11)C(C)(C)C)N=C%10N9)N=C8N7)N=C6N5)N=C4N3)=C(C[C@@H](C)C[C@H](OC)[C@H](O)[C@@H](C)/C=C(\C)[C@@H]1OC(N)=O)C2=O. The number of aliphatic imine (C=N–C) groups is 4. The number of Topliss-reactive ketones (excluding diaryl/α,β-unsaturated/α-hetero) is 1. The van der Waals surface area contributed by atoms with E-state index in [1.54, 1.807) is 32.1 Å². The molecule has 2 bridgehead atoms. The first-order chi connectivity index (χ1) is 57.0. The van der Waals surface area contributed by atoms with Gasteiger partial charge in [0.15, 0.2) is 29.9 Å². The van der Waals surface area contributed by atoms with E-state index in [2.05, 4.69) is 138 Å². The molecule has 26 nitrogen and oxygen atoms in total. The number of fused-ring (bicyclic) bond motifs is 6. The number of guanidine groups is 4. The molecule has 3 amide bonds. The number of hydrogen-bond acceptors (Lipinski definition) is 26. The highest BCUT2D eigenvalue weighted by Crippen LogP contribution is 2.38. The van der Waals surface area contributed by atoms with Gasteiger partial charge in [-0.2, -0.15) is 35.3 Å². The number of carbonyl (C=O) groups excluding carboxylic acids is 5. The number of aliphatic hydroxyl groups excluding tert-OH is 1. The number of hydrogen-bond donors (Lipinski definition) is 9. The maximum absolute atomic E-state index is 14.3. The number of unbranched alkanes of at least 4 members (excludes halogenated alkanes) is 4. The molecule has 9 heterocycles. The Bertz CT molecular complexity index is 3990. The number of nitrogens with one attached hydrogen (secondary N) is 7. The maximum Gasteiger partial charge on any atom is 0.405 e. The van der Waals surface area contributed by atoms with Crippen molar-refractivity contribution < 1.29 is 47.7 Å². The summed E-state index contributed by atoms with van der Waals surface area (Å²) >= 11 is 6.09. The van der Waals surface area contributed by atoms with Gasteiger partial charge in [-0.1, -0.05) is 139 Å². The van der Waals surface area contributed by atoms with Crippen LogP contribution >= 0.6 is 35.3 Å². The van der Waals surface area contributed by atoms with Gasteiger partial charge in [0.05, 0.1) is 54.4 Å². The minimum atomic E-state index is -2.65. The standard InChI is InChI=1S/C88H132N16O10S3Si/c1-58-46-72-78(74(105)49-73(80(72)108)100-82(109)59(2)22-21-27-75(111-8)81(114-83(89)110)61(4)48-60(3)79(107)76(47-58)112-9)90-37-20-12-10-11-19-28-77(106)91-50-62-29-38-101-40-31-64(94-84(101)92-62)52-115-54-66-33-42-103-44-35-68(98-86(103)96-66)56-117-57-69-36-45-104-43-34-67(97-87(104)99-69)55-116-53-65-32-41-102-39-30-63(93-85(102)95-65)51-113-118(88(5,6)7,70-23-15-13-16-24-70)71-25-17-14-18-26-71/h13-18,21-27,48-49,58,60,62-69,75-76,79,81,90,107H,10-12,19-20,28-47,50-57H2,1-9H3,(H2,89,110)(H,91,106)(H,92,94)(H,93,95)(H,96,98)(H,97,99)(H,100,109)/b27-21-,59-22+,61-48+/t58-,60+,62-,63-,64-,65-,66-,67-,68-,69-,75+,76+,79-,81+/m1/s1. The number of aliphatic hydroxyl groups is 1. The van der Waals surface area contributed by atoms with Crippen LogP contribution in [0.25, 0.3) is 0 Å². The van der Waals surface area contributed by atoms with Crippen molar-refractivity contribution in [3.05, 3.63) is 119 Å². The lowest BCUT2D eigenvalue weighted by Crippen LogP contribution is -2.67. The summed E-state index contributed by atoms with van der Waals surface area (Å²) < 4.78 is 24.3.